The lowest BCUT2D eigenvalue weighted by molar-refractivity contribution is 0.266. The first-order chi connectivity index (χ1) is 7.86. The molecule has 1 spiro atoms. The molecule has 3 nitrogen and oxygen atoms in total. The molecule has 1 aromatic rings. The number of nitrogens with one attached hydrogen (secondary N) is 1. The summed E-state index contributed by atoms with van der Waals surface area (Å²) in [5.41, 5.74) is 1.78. The van der Waals surface area contributed by atoms with Crippen LogP contribution in [0.25, 0.3) is 0 Å². The number of rotatable bonds is 2. The number of hydrogen-bond acceptors (Lipinski definition) is 3. The molecule has 0 saturated carbocycles. The largest absolute Gasteiger partial charge is 0.316 e. The number of pyridine rings is 1. The maximum Gasteiger partial charge on any atom is 0.0543 e. The highest BCUT2D eigenvalue weighted by Gasteiger charge is 2.40. The van der Waals surface area contributed by atoms with Crippen molar-refractivity contribution in [3.63, 3.8) is 0 Å². The van der Waals surface area contributed by atoms with Crippen LogP contribution in [-0.2, 0) is 6.54 Å². The van der Waals surface area contributed by atoms with Gasteiger partial charge >= 0.3 is 0 Å². The van der Waals surface area contributed by atoms with E-state index in [0.29, 0.717) is 5.41 Å². The SMILES string of the molecule is Cl.c1ccc(CN2CCC3(CCNC3)C2)nc1. The molecule has 1 N–H and O–H groups in total. The quantitative estimate of drug-likeness (QED) is 0.870. The lowest BCUT2D eigenvalue weighted by Crippen LogP contribution is -2.29. The number of hydrogen-bond donors (Lipinski definition) is 1. The zero-order chi connectivity index (χ0) is 10.8. The Kier molecular flexibility index (Phi) is 4.02. The normalized spacial score (nSPS) is 28.5. The first kappa shape index (κ1) is 12.8. The standard InChI is InChI=1S/C13H19N3.ClH/c1-2-6-15-12(3-1)9-16-8-5-13(11-16)4-7-14-10-13;/h1-3,6,14H,4-5,7-11H2;1H. The van der Waals surface area contributed by atoms with Gasteiger partial charge in [-0.05, 0) is 43.5 Å². The molecule has 0 amide bonds. The van der Waals surface area contributed by atoms with Gasteiger partial charge in [0.05, 0.1) is 5.69 Å². The van der Waals surface area contributed by atoms with Crippen molar-refractivity contribution in [2.45, 2.75) is 19.4 Å². The average molecular weight is 254 g/mol. The van der Waals surface area contributed by atoms with E-state index < -0.39 is 0 Å². The fourth-order valence-corrected chi connectivity index (χ4v) is 3.03. The molecule has 3 rings (SSSR count). The van der Waals surface area contributed by atoms with Gasteiger partial charge in [-0.15, -0.1) is 12.4 Å². The maximum atomic E-state index is 4.40. The molecule has 2 saturated heterocycles. The van der Waals surface area contributed by atoms with Crippen LogP contribution in [0.3, 0.4) is 0 Å². The molecule has 1 atom stereocenters. The topological polar surface area (TPSA) is 28.2 Å². The minimum absolute atomic E-state index is 0. The molecule has 94 valence electrons. The molecular formula is C13H20ClN3. The second kappa shape index (κ2) is 5.34. The fraction of sp³-hybridized carbons (Fsp3) is 0.615. The Hall–Kier alpha value is -0.640. The Balaban J connectivity index is 0.00000108. The van der Waals surface area contributed by atoms with E-state index in [-0.39, 0.29) is 12.4 Å². The Labute approximate surface area is 109 Å². The van der Waals surface area contributed by atoms with Crippen molar-refractivity contribution in [1.29, 1.82) is 0 Å². The van der Waals surface area contributed by atoms with Crippen molar-refractivity contribution >= 4 is 12.4 Å². The van der Waals surface area contributed by atoms with Gasteiger partial charge in [0.15, 0.2) is 0 Å². The van der Waals surface area contributed by atoms with Crippen LogP contribution < -0.4 is 5.32 Å². The molecule has 4 heteroatoms. The maximum absolute atomic E-state index is 4.40. The van der Waals surface area contributed by atoms with E-state index in [4.69, 9.17) is 0 Å². The summed E-state index contributed by atoms with van der Waals surface area (Å²) in [6.07, 6.45) is 4.59. The molecule has 0 aliphatic carbocycles. The summed E-state index contributed by atoms with van der Waals surface area (Å²) < 4.78 is 0. The van der Waals surface area contributed by atoms with E-state index >= 15 is 0 Å². The number of aromatic nitrogens is 1. The van der Waals surface area contributed by atoms with Gasteiger partial charge in [-0.1, -0.05) is 6.07 Å². The van der Waals surface area contributed by atoms with Crippen LogP contribution in [-0.4, -0.2) is 36.1 Å². The molecule has 2 aliphatic heterocycles. The number of halogens is 1. The van der Waals surface area contributed by atoms with E-state index in [0.717, 1.165) is 6.54 Å². The van der Waals surface area contributed by atoms with E-state index in [2.05, 4.69) is 27.3 Å². The van der Waals surface area contributed by atoms with Crippen LogP contribution in [0.5, 0.6) is 0 Å². The molecule has 2 fully saturated rings. The molecule has 1 unspecified atom stereocenters. The summed E-state index contributed by atoms with van der Waals surface area (Å²) in [5.74, 6) is 0. The van der Waals surface area contributed by atoms with Gasteiger partial charge in [0, 0.05) is 25.8 Å². The summed E-state index contributed by atoms with van der Waals surface area (Å²) in [5, 5.41) is 3.50. The van der Waals surface area contributed by atoms with Crippen molar-refractivity contribution in [3.8, 4) is 0 Å². The molecule has 3 heterocycles. The van der Waals surface area contributed by atoms with Crippen molar-refractivity contribution in [2.24, 2.45) is 5.41 Å². The molecule has 0 bridgehead atoms. The lowest BCUT2D eigenvalue weighted by Gasteiger charge is -2.22. The van der Waals surface area contributed by atoms with Gasteiger partial charge in [-0.25, -0.2) is 0 Å². The van der Waals surface area contributed by atoms with E-state index in [1.165, 1.54) is 44.7 Å². The summed E-state index contributed by atoms with van der Waals surface area (Å²) in [7, 11) is 0. The second-order valence-corrected chi connectivity index (χ2v) is 5.21. The predicted octanol–water partition coefficient (Wildman–Crippen LogP) is 1.69. The average Bonchev–Trinajstić information content (AvgIpc) is 2.92. The van der Waals surface area contributed by atoms with Gasteiger partial charge in [0.2, 0.25) is 0 Å². The van der Waals surface area contributed by atoms with Crippen molar-refractivity contribution in [1.82, 2.24) is 15.2 Å². The summed E-state index contributed by atoms with van der Waals surface area (Å²) in [6, 6.07) is 6.18. The Morgan fingerprint density at radius 2 is 2.29 bits per heavy atom. The zero-order valence-corrected chi connectivity index (χ0v) is 10.9. The van der Waals surface area contributed by atoms with Crippen LogP contribution in [0.4, 0.5) is 0 Å². The Bertz CT molecular complexity index is 349. The van der Waals surface area contributed by atoms with Crippen LogP contribution >= 0.6 is 12.4 Å². The first-order valence-corrected chi connectivity index (χ1v) is 6.19. The highest BCUT2D eigenvalue weighted by atomic mass is 35.5. The molecule has 2 aliphatic rings. The van der Waals surface area contributed by atoms with Crippen LogP contribution in [0.15, 0.2) is 24.4 Å². The van der Waals surface area contributed by atoms with Gasteiger partial charge in [-0.2, -0.15) is 0 Å². The molecule has 0 aromatic carbocycles. The van der Waals surface area contributed by atoms with Crippen LogP contribution in [0.1, 0.15) is 18.5 Å². The van der Waals surface area contributed by atoms with Gasteiger partial charge in [0.25, 0.3) is 0 Å². The second-order valence-electron chi connectivity index (χ2n) is 5.21. The van der Waals surface area contributed by atoms with Crippen molar-refractivity contribution in [3.05, 3.63) is 30.1 Å². The zero-order valence-electron chi connectivity index (χ0n) is 10.1. The Morgan fingerprint density at radius 1 is 1.35 bits per heavy atom. The molecule has 17 heavy (non-hydrogen) atoms. The third-order valence-corrected chi connectivity index (χ3v) is 3.96. The molecule has 1 aromatic heterocycles. The summed E-state index contributed by atoms with van der Waals surface area (Å²) >= 11 is 0. The molecule has 0 radical (unpaired) electrons. The smallest absolute Gasteiger partial charge is 0.0543 e. The van der Waals surface area contributed by atoms with Crippen molar-refractivity contribution in [2.75, 3.05) is 26.2 Å². The highest BCUT2D eigenvalue weighted by Crippen LogP contribution is 2.36. The number of likely N-dealkylation sites (tertiary alicyclic amines) is 1. The van der Waals surface area contributed by atoms with Crippen LogP contribution in [0, 0.1) is 5.41 Å². The van der Waals surface area contributed by atoms with E-state index in [1.54, 1.807) is 0 Å². The van der Waals surface area contributed by atoms with Gasteiger partial charge in [-0.3, -0.25) is 9.88 Å². The summed E-state index contributed by atoms with van der Waals surface area (Å²) in [4.78, 5) is 6.95. The van der Waals surface area contributed by atoms with Gasteiger partial charge < -0.3 is 5.32 Å². The Morgan fingerprint density at radius 3 is 3.00 bits per heavy atom. The summed E-state index contributed by atoms with van der Waals surface area (Å²) in [6.45, 7) is 5.92. The van der Waals surface area contributed by atoms with E-state index in [1.807, 2.05) is 12.3 Å². The minimum Gasteiger partial charge on any atom is -0.316 e. The van der Waals surface area contributed by atoms with Crippen molar-refractivity contribution < 1.29 is 0 Å². The minimum atomic E-state index is 0. The van der Waals surface area contributed by atoms with Gasteiger partial charge in [0.1, 0.15) is 0 Å². The third-order valence-electron chi connectivity index (χ3n) is 3.96. The van der Waals surface area contributed by atoms with Crippen LogP contribution in [0.2, 0.25) is 0 Å². The fourth-order valence-electron chi connectivity index (χ4n) is 3.03. The van der Waals surface area contributed by atoms with E-state index in [9.17, 15) is 0 Å². The number of nitrogens with zero attached hydrogens (tertiary/aromatic N) is 2. The lowest BCUT2D eigenvalue weighted by atomic mass is 9.87. The highest BCUT2D eigenvalue weighted by molar-refractivity contribution is 5.85. The monoisotopic (exact) mass is 253 g/mol. The first-order valence-electron chi connectivity index (χ1n) is 6.19. The third kappa shape index (κ3) is 2.79. The molecular weight excluding hydrogens is 234 g/mol. The predicted molar refractivity (Wildman–Crippen MR) is 71.3 cm³/mol.